The highest BCUT2D eigenvalue weighted by Crippen LogP contribution is 2.42. The number of carbonyl (C=O) groups excluding carboxylic acids is 1. The van der Waals surface area contributed by atoms with Crippen LogP contribution in [0.5, 0.6) is 0 Å². The van der Waals surface area contributed by atoms with E-state index in [9.17, 15) is 18.0 Å². The third kappa shape index (κ3) is 4.82. The van der Waals surface area contributed by atoms with Gasteiger partial charge in [0, 0.05) is 26.1 Å². The van der Waals surface area contributed by atoms with Gasteiger partial charge < -0.3 is 10.0 Å². The lowest BCUT2D eigenvalue weighted by molar-refractivity contribution is -0.192. The van der Waals surface area contributed by atoms with Crippen LogP contribution in [0.25, 0.3) is 0 Å². The molecule has 1 aromatic heterocycles. The lowest BCUT2D eigenvalue weighted by Crippen LogP contribution is -2.61. The topological polar surface area (TPSA) is 60.9 Å². The summed E-state index contributed by atoms with van der Waals surface area (Å²) in [6.07, 6.45) is 0.203. The summed E-state index contributed by atoms with van der Waals surface area (Å²) in [6, 6.07) is 2.73. The minimum Gasteiger partial charge on any atom is -0.475 e. The molecule has 1 amide bonds. The third-order valence-corrected chi connectivity index (χ3v) is 6.26. The summed E-state index contributed by atoms with van der Waals surface area (Å²) in [6.45, 7) is 4.47. The highest BCUT2D eigenvalue weighted by molar-refractivity contribution is 7.07. The molecule has 152 valence electrons. The van der Waals surface area contributed by atoms with E-state index in [1.165, 1.54) is 18.4 Å². The van der Waals surface area contributed by atoms with Gasteiger partial charge in [-0.3, -0.25) is 9.69 Å². The van der Waals surface area contributed by atoms with Crippen molar-refractivity contribution in [3.8, 4) is 0 Å². The number of carboxylic acids is 1. The van der Waals surface area contributed by atoms with E-state index < -0.39 is 12.1 Å². The van der Waals surface area contributed by atoms with Crippen LogP contribution in [0.15, 0.2) is 16.8 Å². The number of nitrogens with zero attached hydrogens (tertiary/aromatic N) is 2. The number of hydrogen-bond donors (Lipinski definition) is 1. The number of halogens is 3. The molecule has 0 unspecified atom stereocenters. The van der Waals surface area contributed by atoms with Crippen molar-refractivity contribution in [3.63, 3.8) is 0 Å². The van der Waals surface area contributed by atoms with Gasteiger partial charge in [0.25, 0.3) is 0 Å². The number of amides is 1. The number of piperidine rings is 1. The Kier molecular flexibility index (Phi) is 6.91. The number of aliphatic carboxylic acids is 1. The van der Waals surface area contributed by atoms with Crippen LogP contribution in [0.3, 0.4) is 0 Å². The molecule has 0 saturated carbocycles. The first-order valence-corrected chi connectivity index (χ1v) is 9.88. The van der Waals surface area contributed by atoms with E-state index in [2.05, 4.69) is 33.6 Å². The Bertz CT molecular complexity index is 651. The summed E-state index contributed by atoms with van der Waals surface area (Å²) in [5, 5.41) is 11.5. The van der Waals surface area contributed by atoms with E-state index in [-0.39, 0.29) is 5.54 Å². The van der Waals surface area contributed by atoms with Crippen LogP contribution in [0.4, 0.5) is 13.2 Å². The van der Waals surface area contributed by atoms with Crippen molar-refractivity contribution in [3.05, 3.63) is 22.4 Å². The van der Waals surface area contributed by atoms with Gasteiger partial charge >= 0.3 is 12.1 Å². The van der Waals surface area contributed by atoms with Crippen LogP contribution < -0.4 is 0 Å². The number of carbonyl (C=O) groups is 2. The molecule has 3 rings (SSSR count). The highest BCUT2D eigenvalue weighted by atomic mass is 32.1. The Morgan fingerprint density at radius 3 is 2.52 bits per heavy atom. The molecule has 0 aliphatic carbocycles. The quantitative estimate of drug-likeness (QED) is 0.831. The van der Waals surface area contributed by atoms with Gasteiger partial charge in [-0.2, -0.15) is 24.5 Å². The fourth-order valence-electron chi connectivity index (χ4n) is 4.29. The van der Waals surface area contributed by atoms with Gasteiger partial charge in [0.05, 0.1) is 5.54 Å². The van der Waals surface area contributed by atoms with Crippen LogP contribution >= 0.6 is 11.3 Å². The summed E-state index contributed by atoms with van der Waals surface area (Å²) in [5.74, 6) is -2.42. The first-order valence-electron chi connectivity index (χ1n) is 8.93. The molecule has 0 bridgehead atoms. The first kappa shape index (κ1) is 21.7. The Morgan fingerprint density at radius 1 is 1.41 bits per heavy atom. The monoisotopic (exact) mass is 406 g/mol. The van der Waals surface area contributed by atoms with Gasteiger partial charge in [0.15, 0.2) is 0 Å². The number of likely N-dealkylation sites (N-methyl/N-ethyl adjacent to an activating group) is 1. The average Bonchev–Trinajstić information content (AvgIpc) is 3.20. The molecule has 0 radical (unpaired) electrons. The van der Waals surface area contributed by atoms with Gasteiger partial charge in [-0.1, -0.05) is 6.92 Å². The van der Waals surface area contributed by atoms with Crippen molar-refractivity contribution in [1.29, 1.82) is 0 Å². The SMILES string of the molecule is CC[C@@H]1N(Cc2ccsc2)CCC[C@]12CCC(=O)N2C.O=C(O)C(F)(F)F. The van der Waals surface area contributed by atoms with Crippen LogP contribution in [-0.2, 0) is 16.1 Å². The van der Waals surface area contributed by atoms with Gasteiger partial charge in [-0.15, -0.1) is 0 Å². The van der Waals surface area contributed by atoms with Gasteiger partial charge in [0.2, 0.25) is 5.91 Å². The first-order chi connectivity index (χ1) is 12.6. The fraction of sp³-hybridized carbons (Fsp3) is 0.667. The molecule has 3 heterocycles. The molecule has 27 heavy (non-hydrogen) atoms. The Balaban J connectivity index is 0.000000321. The number of alkyl halides is 3. The molecule has 9 heteroatoms. The van der Waals surface area contributed by atoms with Crippen molar-refractivity contribution >= 4 is 23.2 Å². The van der Waals surface area contributed by atoms with E-state index >= 15 is 0 Å². The number of rotatable bonds is 3. The second kappa shape index (κ2) is 8.60. The van der Waals surface area contributed by atoms with Crippen molar-refractivity contribution in [1.82, 2.24) is 9.80 Å². The molecular formula is C18H25F3N2O3S. The average molecular weight is 406 g/mol. The molecule has 5 nitrogen and oxygen atoms in total. The summed E-state index contributed by atoms with van der Waals surface area (Å²) in [4.78, 5) is 25.6. The molecule has 2 aliphatic heterocycles. The normalized spacial score (nSPS) is 26.2. The van der Waals surface area contributed by atoms with Crippen molar-refractivity contribution in [2.24, 2.45) is 0 Å². The summed E-state index contributed by atoms with van der Waals surface area (Å²) < 4.78 is 31.7. The minimum atomic E-state index is -5.08. The zero-order valence-electron chi connectivity index (χ0n) is 15.5. The van der Waals surface area contributed by atoms with Crippen LogP contribution in [0.2, 0.25) is 0 Å². The van der Waals surface area contributed by atoms with Gasteiger partial charge in [0.1, 0.15) is 0 Å². The van der Waals surface area contributed by atoms with Crippen molar-refractivity contribution in [2.45, 2.75) is 63.3 Å². The lowest BCUT2D eigenvalue weighted by atomic mass is 9.77. The zero-order valence-corrected chi connectivity index (χ0v) is 16.3. The third-order valence-electron chi connectivity index (χ3n) is 5.52. The molecular weight excluding hydrogens is 381 g/mol. The second-order valence-electron chi connectivity index (χ2n) is 6.99. The standard InChI is InChI=1S/C16H24N2OS.C2HF3O2/c1-3-14-16(8-5-15(19)17(16)2)7-4-9-18(14)11-13-6-10-20-12-13;3-2(4,5)1(6)7/h6,10,12,14H,3-5,7-9,11H2,1-2H3;(H,6,7)/t14-,16-;/m0./s1. The Morgan fingerprint density at radius 2 is 2.07 bits per heavy atom. The zero-order chi connectivity index (χ0) is 20.2. The summed E-state index contributed by atoms with van der Waals surface area (Å²) in [5.41, 5.74) is 1.51. The summed E-state index contributed by atoms with van der Waals surface area (Å²) in [7, 11) is 2.02. The Hall–Kier alpha value is -1.61. The molecule has 2 saturated heterocycles. The van der Waals surface area contributed by atoms with Crippen LogP contribution in [0, 0.1) is 0 Å². The minimum absolute atomic E-state index is 0.0973. The predicted octanol–water partition coefficient (Wildman–Crippen LogP) is 3.75. The maximum atomic E-state index is 12.0. The van der Waals surface area contributed by atoms with Crippen LogP contribution in [0.1, 0.15) is 44.6 Å². The van der Waals surface area contributed by atoms with E-state index in [0.717, 1.165) is 32.4 Å². The van der Waals surface area contributed by atoms with Crippen molar-refractivity contribution in [2.75, 3.05) is 13.6 Å². The van der Waals surface area contributed by atoms with Crippen LogP contribution in [-0.4, -0.2) is 58.1 Å². The lowest BCUT2D eigenvalue weighted by Gasteiger charge is -2.51. The molecule has 0 aromatic carbocycles. The smallest absolute Gasteiger partial charge is 0.475 e. The molecule has 2 aliphatic rings. The number of thiophene rings is 1. The van der Waals surface area contributed by atoms with Gasteiger partial charge in [-0.25, -0.2) is 4.79 Å². The Labute approximate surface area is 160 Å². The number of likely N-dealkylation sites (tertiary alicyclic amines) is 2. The largest absolute Gasteiger partial charge is 0.490 e. The molecule has 1 spiro atoms. The number of hydrogen-bond acceptors (Lipinski definition) is 4. The number of carboxylic acid groups (broad SMARTS) is 1. The van der Waals surface area contributed by atoms with Crippen molar-refractivity contribution < 1.29 is 27.9 Å². The van der Waals surface area contributed by atoms with E-state index in [4.69, 9.17) is 9.90 Å². The van der Waals surface area contributed by atoms with Gasteiger partial charge in [-0.05, 0) is 54.6 Å². The molecule has 2 fully saturated rings. The summed E-state index contributed by atoms with van der Waals surface area (Å²) >= 11 is 1.77. The maximum absolute atomic E-state index is 12.0. The molecule has 1 aromatic rings. The second-order valence-corrected chi connectivity index (χ2v) is 7.77. The molecule has 2 atom stereocenters. The van der Waals surface area contributed by atoms with E-state index in [1.54, 1.807) is 11.3 Å². The van der Waals surface area contributed by atoms with E-state index in [1.807, 2.05) is 7.05 Å². The highest BCUT2D eigenvalue weighted by Gasteiger charge is 2.51. The fourth-order valence-corrected chi connectivity index (χ4v) is 4.94. The van der Waals surface area contributed by atoms with E-state index in [0.29, 0.717) is 11.9 Å². The predicted molar refractivity (Wildman–Crippen MR) is 96.5 cm³/mol. The molecule has 1 N–H and O–H groups in total. The maximum Gasteiger partial charge on any atom is 0.490 e.